The summed E-state index contributed by atoms with van der Waals surface area (Å²) >= 11 is 4.95. The summed E-state index contributed by atoms with van der Waals surface area (Å²) in [5, 5.41) is 2.93. The molecule has 5 nitrogen and oxygen atoms in total. The standard InChI is InChI=1S/C17H17BrN2O3S2/c1-10-7-12(3-5-14(10)18)20-25(22,23)13-4-6-16-15(9-13)19-17(21)8-11(2)24-16/h3-7,9,11,20H,8H2,1-2H3,(H,19,21). The molecule has 0 aliphatic carbocycles. The van der Waals surface area contributed by atoms with Gasteiger partial charge in [-0.15, -0.1) is 11.8 Å². The van der Waals surface area contributed by atoms with Crippen LogP contribution >= 0.6 is 27.7 Å². The van der Waals surface area contributed by atoms with E-state index in [-0.39, 0.29) is 16.1 Å². The van der Waals surface area contributed by atoms with E-state index < -0.39 is 10.0 Å². The van der Waals surface area contributed by atoms with Crippen LogP contribution in [0.25, 0.3) is 0 Å². The molecule has 2 aromatic carbocycles. The molecule has 1 aliphatic rings. The number of sulfonamides is 1. The molecule has 2 aromatic rings. The molecule has 2 N–H and O–H groups in total. The van der Waals surface area contributed by atoms with Crippen LogP contribution in [0.15, 0.2) is 50.7 Å². The molecule has 3 rings (SSSR count). The average Bonchev–Trinajstić information content (AvgIpc) is 2.66. The number of carbonyl (C=O) groups is 1. The van der Waals surface area contributed by atoms with Gasteiger partial charge in [-0.05, 0) is 48.9 Å². The van der Waals surface area contributed by atoms with Gasteiger partial charge in [0.25, 0.3) is 10.0 Å². The maximum atomic E-state index is 12.7. The quantitative estimate of drug-likeness (QED) is 0.742. The highest BCUT2D eigenvalue weighted by atomic mass is 79.9. The first kappa shape index (κ1) is 18.3. The summed E-state index contributed by atoms with van der Waals surface area (Å²) in [6.45, 7) is 3.86. The normalized spacial score (nSPS) is 17.4. The van der Waals surface area contributed by atoms with Crippen molar-refractivity contribution in [1.29, 1.82) is 0 Å². The zero-order valence-electron chi connectivity index (χ0n) is 13.7. The number of carbonyl (C=O) groups excluding carboxylic acids is 1. The number of hydrogen-bond donors (Lipinski definition) is 2. The Kier molecular flexibility index (Phi) is 5.13. The van der Waals surface area contributed by atoms with Crippen molar-refractivity contribution in [3.05, 3.63) is 46.4 Å². The van der Waals surface area contributed by atoms with E-state index in [9.17, 15) is 13.2 Å². The predicted molar refractivity (Wildman–Crippen MR) is 105 cm³/mol. The summed E-state index contributed by atoms with van der Waals surface area (Å²) in [4.78, 5) is 12.9. The molecular weight excluding hydrogens is 424 g/mol. The molecule has 1 unspecified atom stereocenters. The summed E-state index contributed by atoms with van der Waals surface area (Å²) in [5.41, 5.74) is 1.96. The van der Waals surface area contributed by atoms with E-state index >= 15 is 0 Å². The Balaban J connectivity index is 1.92. The molecule has 8 heteroatoms. The fourth-order valence-electron chi connectivity index (χ4n) is 2.52. The average molecular weight is 441 g/mol. The fourth-order valence-corrected chi connectivity index (χ4v) is 4.89. The molecule has 0 radical (unpaired) electrons. The molecule has 25 heavy (non-hydrogen) atoms. The van der Waals surface area contributed by atoms with Crippen molar-refractivity contribution in [1.82, 2.24) is 0 Å². The summed E-state index contributed by atoms with van der Waals surface area (Å²) in [6.07, 6.45) is 0.401. The number of aryl methyl sites for hydroxylation is 1. The maximum absolute atomic E-state index is 12.7. The molecule has 132 valence electrons. The minimum atomic E-state index is -3.75. The van der Waals surface area contributed by atoms with Gasteiger partial charge in [-0.1, -0.05) is 22.9 Å². The van der Waals surface area contributed by atoms with E-state index in [2.05, 4.69) is 26.0 Å². The van der Waals surface area contributed by atoms with Gasteiger partial charge in [-0.3, -0.25) is 9.52 Å². The van der Waals surface area contributed by atoms with Crippen LogP contribution in [0.5, 0.6) is 0 Å². The third kappa shape index (κ3) is 4.19. The van der Waals surface area contributed by atoms with Gasteiger partial charge >= 0.3 is 0 Å². The topological polar surface area (TPSA) is 75.3 Å². The molecule has 0 saturated heterocycles. The van der Waals surface area contributed by atoms with E-state index in [1.807, 2.05) is 13.8 Å². The van der Waals surface area contributed by atoms with Gasteiger partial charge in [0.2, 0.25) is 5.91 Å². The second-order valence-corrected chi connectivity index (χ2v) is 9.93. The smallest absolute Gasteiger partial charge is 0.261 e. The summed E-state index contributed by atoms with van der Waals surface area (Å²) in [6, 6.07) is 10.0. The molecular formula is C17H17BrN2O3S2. The monoisotopic (exact) mass is 440 g/mol. The first-order valence-electron chi connectivity index (χ1n) is 7.64. The number of anilines is 2. The number of hydrogen-bond acceptors (Lipinski definition) is 4. The molecule has 1 atom stereocenters. The zero-order chi connectivity index (χ0) is 18.2. The molecule has 0 saturated carbocycles. The highest BCUT2D eigenvalue weighted by Gasteiger charge is 2.22. The van der Waals surface area contributed by atoms with Crippen molar-refractivity contribution in [2.75, 3.05) is 10.0 Å². The van der Waals surface area contributed by atoms with Gasteiger partial charge in [0.15, 0.2) is 0 Å². The molecule has 1 heterocycles. The number of benzene rings is 2. The van der Waals surface area contributed by atoms with Crippen molar-refractivity contribution in [2.45, 2.75) is 35.3 Å². The van der Waals surface area contributed by atoms with Crippen molar-refractivity contribution < 1.29 is 13.2 Å². The third-order valence-electron chi connectivity index (χ3n) is 3.75. The van der Waals surface area contributed by atoms with Crippen LogP contribution in [0.4, 0.5) is 11.4 Å². The van der Waals surface area contributed by atoms with E-state index in [0.717, 1.165) is 14.9 Å². The number of fused-ring (bicyclic) bond motifs is 1. The Morgan fingerprint density at radius 2 is 2.00 bits per heavy atom. The molecule has 0 bridgehead atoms. The molecule has 0 fully saturated rings. The van der Waals surface area contributed by atoms with Gasteiger partial charge in [0.1, 0.15) is 0 Å². The van der Waals surface area contributed by atoms with Crippen LogP contribution in [0.3, 0.4) is 0 Å². The minimum absolute atomic E-state index is 0.107. The van der Waals surface area contributed by atoms with Gasteiger partial charge < -0.3 is 5.32 Å². The lowest BCUT2D eigenvalue weighted by Gasteiger charge is -2.12. The van der Waals surface area contributed by atoms with Crippen LogP contribution in [-0.2, 0) is 14.8 Å². The number of nitrogens with one attached hydrogen (secondary N) is 2. The van der Waals surface area contributed by atoms with Gasteiger partial charge in [-0.2, -0.15) is 0 Å². The van der Waals surface area contributed by atoms with Crippen molar-refractivity contribution in [2.24, 2.45) is 0 Å². The van der Waals surface area contributed by atoms with Crippen molar-refractivity contribution in [3.63, 3.8) is 0 Å². The first-order valence-corrected chi connectivity index (χ1v) is 10.8. The van der Waals surface area contributed by atoms with Gasteiger partial charge in [0.05, 0.1) is 10.6 Å². The maximum Gasteiger partial charge on any atom is 0.261 e. The Bertz CT molecular complexity index is 945. The van der Waals surface area contributed by atoms with Crippen LogP contribution in [0.1, 0.15) is 18.9 Å². The van der Waals surface area contributed by atoms with Gasteiger partial charge in [-0.25, -0.2) is 8.42 Å². The number of rotatable bonds is 3. The lowest BCUT2D eigenvalue weighted by molar-refractivity contribution is -0.116. The van der Waals surface area contributed by atoms with E-state index in [0.29, 0.717) is 17.8 Å². The van der Waals surface area contributed by atoms with Crippen LogP contribution in [0, 0.1) is 6.92 Å². The summed E-state index contributed by atoms with van der Waals surface area (Å²) in [7, 11) is -3.75. The zero-order valence-corrected chi connectivity index (χ0v) is 16.9. The highest BCUT2D eigenvalue weighted by molar-refractivity contribution is 9.10. The van der Waals surface area contributed by atoms with E-state index in [1.54, 1.807) is 42.1 Å². The second-order valence-electron chi connectivity index (χ2n) is 5.91. The number of halogens is 1. The third-order valence-corrected chi connectivity index (χ3v) is 7.19. The lowest BCUT2D eigenvalue weighted by Crippen LogP contribution is -2.15. The van der Waals surface area contributed by atoms with Crippen molar-refractivity contribution >= 4 is 55.0 Å². The summed E-state index contributed by atoms with van der Waals surface area (Å²) in [5.74, 6) is -0.107. The Morgan fingerprint density at radius 1 is 1.24 bits per heavy atom. The first-order chi connectivity index (χ1) is 11.7. The molecule has 0 spiro atoms. The van der Waals surface area contributed by atoms with E-state index in [4.69, 9.17) is 0 Å². The fraction of sp³-hybridized carbons (Fsp3) is 0.235. The van der Waals surface area contributed by atoms with Crippen LogP contribution in [0.2, 0.25) is 0 Å². The second kappa shape index (κ2) is 7.01. The Labute approximate surface area is 159 Å². The molecule has 0 aromatic heterocycles. The number of amides is 1. The van der Waals surface area contributed by atoms with E-state index in [1.165, 1.54) is 6.07 Å². The highest BCUT2D eigenvalue weighted by Crippen LogP contribution is 2.36. The van der Waals surface area contributed by atoms with Gasteiger partial charge in [0, 0.05) is 26.7 Å². The SMILES string of the molecule is Cc1cc(NS(=O)(=O)c2ccc3c(c2)NC(=O)CC(C)S3)ccc1Br. The van der Waals surface area contributed by atoms with Crippen molar-refractivity contribution in [3.8, 4) is 0 Å². The minimum Gasteiger partial charge on any atom is -0.325 e. The van der Waals surface area contributed by atoms with Crippen LogP contribution < -0.4 is 10.0 Å². The van der Waals surface area contributed by atoms with Crippen LogP contribution in [-0.4, -0.2) is 19.6 Å². The predicted octanol–water partition coefficient (Wildman–Crippen LogP) is 4.38. The summed E-state index contributed by atoms with van der Waals surface area (Å²) < 4.78 is 28.8. The Morgan fingerprint density at radius 3 is 2.72 bits per heavy atom. The number of thioether (sulfide) groups is 1. The Hall–Kier alpha value is -1.51. The molecule has 1 amide bonds. The largest absolute Gasteiger partial charge is 0.325 e. The lowest BCUT2D eigenvalue weighted by atomic mass is 10.2. The molecule has 1 aliphatic heterocycles.